The Bertz CT molecular complexity index is 1580. The minimum atomic E-state index is -0.646. The van der Waals surface area contributed by atoms with Crippen LogP contribution in [-0.4, -0.2) is 36.0 Å². The number of carbonyl (C=O) groups is 1. The van der Waals surface area contributed by atoms with Crippen LogP contribution in [0, 0.1) is 12.3 Å². The number of ether oxygens (including phenoxy) is 1. The minimum absolute atomic E-state index is 0.264. The summed E-state index contributed by atoms with van der Waals surface area (Å²) in [6.07, 6.45) is 4.58. The van der Waals surface area contributed by atoms with E-state index < -0.39 is 11.5 Å². The van der Waals surface area contributed by atoms with Crippen molar-refractivity contribution in [3.63, 3.8) is 0 Å². The molecule has 1 atom stereocenters. The van der Waals surface area contributed by atoms with E-state index in [0.29, 0.717) is 5.82 Å². The normalized spacial score (nSPS) is 12.5. The Kier molecular flexibility index (Phi) is 7.28. The molecule has 3 heterocycles. The van der Waals surface area contributed by atoms with Crippen LogP contribution in [0.2, 0.25) is 0 Å². The molecule has 8 heteroatoms. The molecule has 5 aromatic rings. The number of rotatable bonds is 8. The molecule has 0 fully saturated rings. The molecule has 8 nitrogen and oxygen atoms in total. The molecule has 0 bridgehead atoms. The zero-order valence-electron chi connectivity index (χ0n) is 23.1. The topological polar surface area (TPSA) is 98.1 Å². The van der Waals surface area contributed by atoms with Crippen molar-refractivity contribution < 1.29 is 9.53 Å². The number of hydrogen-bond acceptors (Lipinski definition) is 6. The Morgan fingerprint density at radius 3 is 2.44 bits per heavy atom. The van der Waals surface area contributed by atoms with Crippen molar-refractivity contribution in [1.82, 2.24) is 30.0 Å². The van der Waals surface area contributed by atoms with E-state index >= 15 is 0 Å². The predicted octanol–water partition coefficient (Wildman–Crippen LogP) is 6.51. The van der Waals surface area contributed by atoms with Crippen LogP contribution in [0.4, 0.5) is 0 Å². The van der Waals surface area contributed by atoms with Gasteiger partial charge in [0.1, 0.15) is 5.65 Å². The highest BCUT2D eigenvalue weighted by molar-refractivity contribution is 5.80. The van der Waals surface area contributed by atoms with E-state index in [1.807, 2.05) is 75.4 Å². The third-order valence-corrected chi connectivity index (χ3v) is 6.84. The lowest BCUT2D eigenvalue weighted by atomic mass is 9.95. The second kappa shape index (κ2) is 10.8. The molecule has 1 N–H and O–H groups in total. The van der Waals surface area contributed by atoms with E-state index in [1.54, 1.807) is 0 Å². The smallest absolute Gasteiger partial charge is 0.312 e. The zero-order chi connectivity index (χ0) is 27.6. The van der Waals surface area contributed by atoms with Crippen molar-refractivity contribution in [3.8, 4) is 22.5 Å². The number of aromatic nitrogens is 6. The number of nitrogens with zero attached hydrogens (tertiary/aromatic N) is 5. The van der Waals surface area contributed by atoms with Crippen molar-refractivity contribution in [3.05, 3.63) is 89.4 Å². The van der Waals surface area contributed by atoms with Gasteiger partial charge in [-0.3, -0.25) is 9.20 Å². The summed E-state index contributed by atoms with van der Waals surface area (Å²) >= 11 is 0. The number of aryl methyl sites for hydroxylation is 2. The molecule has 39 heavy (non-hydrogen) atoms. The van der Waals surface area contributed by atoms with Gasteiger partial charge in [0.15, 0.2) is 11.9 Å². The summed E-state index contributed by atoms with van der Waals surface area (Å²) in [6, 6.07) is 20.2. The second-order valence-electron chi connectivity index (χ2n) is 10.9. The van der Waals surface area contributed by atoms with Crippen molar-refractivity contribution >= 4 is 11.6 Å². The molecule has 1 unspecified atom stereocenters. The number of pyridine rings is 1. The number of carbonyl (C=O) groups excluding carboxylic acids is 1. The molecule has 0 saturated heterocycles. The molecular formula is C31H34N6O2. The number of esters is 1. The van der Waals surface area contributed by atoms with E-state index in [-0.39, 0.29) is 5.97 Å². The number of tetrazole rings is 1. The van der Waals surface area contributed by atoms with Crippen molar-refractivity contribution in [2.45, 2.75) is 60.0 Å². The molecule has 3 aromatic heterocycles. The molecule has 2 aromatic carbocycles. The van der Waals surface area contributed by atoms with Gasteiger partial charge < -0.3 is 4.74 Å². The van der Waals surface area contributed by atoms with E-state index in [2.05, 4.69) is 51.1 Å². The average Bonchev–Trinajstić information content (AvgIpc) is 3.62. The van der Waals surface area contributed by atoms with Gasteiger partial charge in [0.2, 0.25) is 0 Å². The molecule has 0 amide bonds. The quantitative estimate of drug-likeness (QED) is 0.233. The summed E-state index contributed by atoms with van der Waals surface area (Å²) in [7, 11) is 0. The van der Waals surface area contributed by atoms with Crippen molar-refractivity contribution in [2.24, 2.45) is 5.41 Å². The Labute approximate surface area is 228 Å². The first-order valence-electron chi connectivity index (χ1n) is 13.4. The molecule has 0 spiro atoms. The lowest BCUT2D eigenvalue weighted by Gasteiger charge is -2.25. The van der Waals surface area contributed by atoms with Gasteiger partial charge in [-0.25, -0.2) is 10.1 Å². The summed E-state index contributed by atoms with van der Waals surface area (Å²) in [5.41, 5.74) is 7.02. The van der Waals surface area contributed by atoms with Crippen LogP contribution in [0.1, 0.15) is 69.2 Å². The second-order valence-corrected chi connectivity index (χ2v) is 10.9. The zero-order valence-corrected chi connectivity index (χ0v) is 23.1. The minimum Gasteiger partial charge on any atom is -0.451 e. The molecule has 200 valence electrons. The maximum absolute atomic E-state index is 13.2. The van der Waals surface area contributed by atoms with Gasteiger partial charge in [-0.05, 0) is 79.3 Å². The predicted molar refractivity (Wildman–Crippen MR) is 151 cm³/mol. The molecular weight excluding hydrogens is 488 g/mol. The number of nitrogens with one attached hydrogen (secondary N) is 1. The van der Waals surface area contributed by atoms with Gasteiger partial charge in [-0.2, -0.15) is 0 Å². The van der Waals surface area contributed by atoms with Crippen LogP contribution in [-0.2, 0) is 16.0 Å². The number of imidazole rings is 1. The molecule has 5 rings (SSSR count). The molecule has 0 aliphatic heterocycles. The van der Waals surface area contributed by atoms with Gasteiger partial charge >= 0.3 is 5.97 Å². The lowest BCUT2D eigenvalue weighted by molar-refractivity contribution is -0.157. The molecule has 0 saturated carbocycles. The Morgan fingerprint density at radius 2 is 1.77 bits per heavy atom. The van der Waals surface area contributed by atoms with Gasteiger partial charge in [0.25, 0.3) is 0 Å². The van der Waals surface area contributed by atoms with Gasteiger partial charge in [0, 0.05) is 11.8 Å². The van der Waals surface area contributed by atoms with Crippen molar-refractivity contribution in [1.29, 1.82) is 0 Å². The standard InChI is InChI=1S/C31H34N6O2/c1-6-7-10-23-19-37-26(18-13-20(2)29(37)32-23)27(39-30(38)31(3,4)5)22-16-14-21(15-17-22)24-11-8-9-12-25(24)28-33-35-36-34-28/h8-9,11-19,27H,6-7,10H2,1-5H3,(H,33,34,35,36). The monoisotopic (exact) mass is 522 g/mol. The first-order valence-corrected chi connectivity index (χ1v) is 13.4. The van der Waals surface area contributed by atoms with E-state index in [1.165, 1.54) is 0 Å². The number of H-pyrrole nitrogens is 1. The number of fused-ring (bicyclic) bond motifs is 1. The Morgan fingerprint density at radius 1 is 1.03 bits per heavy atom. The molecule has 0 radical (unpaired) electrons. The maximum Gasteiger partial charge on any atom is 0.312 e. The summed E-state index contributed by atoms with van der Waals surface area (Å²) in [5.74, 6) is 0.340. The van der Waals surface area contributed by atoms with Crippen LogP contribution < -0.4 is 0 Å². The molecule has 0 aliphatic carbocycles. The average molecular weight is 523 g/mol. The Balaban J connectivity index is 1.58. The highest BCUT2D eigenvalue weighted by Crippen LogP contribution is 2.34. The third-order valence-electron chi connectivity index (χ3n) is 6.84. The SMILES string of the molecule is CCCCc1cn2c(C(OC(=O)C(C)(C)C)c3ccc(-c4ccccc4-c4nnn[nH]4)cc3)ccc(C)c2n1. The third kappa shape index (κ3) is 5.46. The highest BCUT2D eigenvalue weighted by Gasteiger charge is 2.29. The summed E-state index contributed by atoms with van der Waals surface area (Å²) in [6.45, 7) is 9.85. The summed E-state index contributed by atoms with van der Waals surface area (Å²) in [5, 5.41) is 14.4. The summed E-state index contributed by atoms with van der Waals surface area (Å²) in [4.78, 5) is 18.1. The van der Waals surface area contributed by atoms with E-state index in [4.69, 9.17) is 9.72 Å². The Hall–Kier alpha value is -4.33. The summed E-state index contributed by atoms with van der Waals surface area (Å²) < 4.78 is 8.32. The highest BCUT2D eigenvalue weighted by atomic mass is 16.5. The fourth-order valence-electron chi connectivity index (χ4n) is 4.60. The largest absolute Gasteiger partial charge is 0.451 e. The number of benzene rings is 2. The van der Waals surface area contributed by atoms with E-state index in [9.17, 15) is 4.79 Å². The van der Waals surface area contributed by atoms with Crippen LogP contribution in [0.25, 0.3) is 28.2 Å². The first-order chi connectivity index (χ1) is 18.8. The fourth-order valence-corrected chi connectivity index (χ4v) is 4.60. The van der Waals surface area contributed by atoms with Crippen LogP contribution in [0.3, 0.4) is 0 Å². The number of unbranched alkanes of at least 4 members (excludes halogenated alkanes) is 1. The van der Waals surface area contributed by atoms with Crippen LogP contribution >= 0.6 is 0 Å². The first kappa shape index (κ1) is 26.3. The van der Waals surface area contributed by atoms with Gasteiger partial charge in [-0.15, -0.1) is 5.10 Å². The number of aromatic amines is 1. The lowest BCUT2D eigenvalue weighted by Crippen LogP contribution is -2.26. The van der Waals surface area contributed by atoms with Gasteiger partial charge in [0.05, 0.1) is 16.8 Å². The van der Waals surface area contributed by atoms with Gasteiger partial charge in [-0.1, -0.05) is 67.9 Å². The maximum atomic E-state index is 13.2. The molecule has 0 aliphatic rings. The number of hydrogen-bond donors (Lipinski definition) is 1. The van der Waals surface area contributed by atoms with E-state index in [0.717, 1.165) is 64.1 Å². The van der Waals surface area contributed by atoms with Crippen LogP contribution in [0.5, 0.6) is 0 Å². The van der Waals surface area contributed by atoms with Crippen molar-refractivity contribution in [2.75, 3.05) is 0 Å². The van der Waals surface area contributed by atoms with Crippen LogP contribution in [0.15, 0.2) is 66.9 Å². The fraction of sp³-hybridized carbons (Fsp3) is 0.323.